The number of nitrogens with one attached hydrogen (secondary N) is 1. The van der Waals surface area contributed by atoms with E-state index >= 15 is 0 Å². The van der Waals surface area contributed by atoms with Crippen molar-refractivity contribution in [3.63, 3.8) is 0 Å². The maximum atomic E-state index is 13.0. The van der Waals surface area contributed by atoms with E-state index in [1.165, 1.54) is 19.1 Å². The Hall–Kier alpha value is -3.95. The fourth-order valence-corrected chi connectivity index (χ4v) is 2.94. The SMILES string of the molecule is Cc1cc(=O)c(C(=O)NC(C(N)=O)c2ccccc2)nn1-c1cccc(C(F)(F)F)c1. The number of hydrogen-bond donors (Lipinski definition) is 2. The lowest BCUT2D eigenvalue weighted by atomic mass is 10.1. The van der Waals surface area contributed by atoms with E-state index < -0.39 is 40.7 Å². The Morgan fingerprint density at radius 3 is 2.35 bits per heavy atom. The summed E-state index contributed by atoms with van der Waals surface area (Å²) in [4.78, 5) is 36.9. The number of carbonyl (C=O) groups excluding carboxylic acids is 2. The third-order valence-corrected chi connectivity index (χ3v) is 4.43. The van der Waals surface area contributed by atoms with Gasteiger partial charge in [0, 0.05) is 11.8 Å². The highest BCUT2D eigenvalue weighted by atomic mass is 19.4. The second-order valence-corrected chi connectivity index (χ2v) is 6.68. The Labute approximate surface area is 174 Å². The molecule has 0 aliphatic heterocycles. The number of aryl methyl sites for hydroxylation is 1. The molecule has 0 saturated carbocycles. The number of nitrogens with two attached hydrogens (primary N) is 1. The molecule has 3 rings (SSSR count). The fraction of sp³-hybridized carbons (Fsp3) is 0.143. The van der Waals surface area contributed by atoms with E-state index in [9.17, 15) is 27.6 Å². The molecule has 0 aliphatic rings. The van der Waals surface area contributed by atoms with Crippen LogP contribution in [-0.2, 0) is 11.0 Å². The molecule has 1 heterocycles. The molecule has 0 radical (unpaired) electrons. The van der Waals surface area contributed by atoms with Crippen LogP contribution in [0, 0.1) is 6.92 Å². The van der Waals surface area contributed by atoms with Crippen LogP contribution in [0.15, 0.2) is 65.5 Å². The van der Waals surface area contributed by atoms with Gasteiger partial charge in [-0.2, -0.15) is 18.3 Å². The number of alkyl halides is 3. The number of aromatic nitrogens is 2. The average molecular weight is 430 g/mol. The van der Waals surface area contributed by atoms with Crippen molar-refractivity contribution in [3.05, 3.63) is 93.4 Å². The Morgan fingerprint density at radius 1 is 1.06 bits per heavy atom. The minimum atomic E-state index is -4.58. The van der Waals surface area contributed by atoms with E-state index in [4.69, 9.17) is 5.73 Å². The van der Waals surface area contributed by atoms with E-state index in [0.717, 1.165) is 22.9 Å². The third-order valence-electron chi connectivity index (χ3n) is 4.43. The van der Waals surface area contributed by atoms with Crippen LogP contribution in [0.25, 0.3) is 5.69 Å². The first-order valence-electron chi connectivity index (χ1n) is 9.01. The van der Waals surface area contributed by atoms with Crippen molar-refractivity contribution in [2.45, 2.75) is 19.1 Å². The highest BCUT2D eigenvalue weighted by molar-refractivity contribution is 5.96. The highest BCUT2D eigenvalue weighted by Gasteiger charge is 2.31. The summed E-state index contributed by atoms with van der Waals surface area (Å²) in [6.45, 7) is 1.46. The van der Waals surface area contributed by atoms with Crippen LogP contribution in [0.2, 0.25) is 0 Å². The first-order valence-corrected chi connectivity index (χ1v) is 9.01. The molecule has 10 heteroatoms. The van der Waals surface area contributed by atoms with Gasteiger partial charge < -0.3 is 11.1 Å². The van der Waals surface area contributed by atoms with Crippen LogP contribution in [-0.4, -0.2) is 21.6 Å². The lowest BCUT2D eigenvalue weighted by Gasteiger charge is -2.17. The van der Waals surface area contributed by atoms with Crippen molar-refractivity contribution in [1.29, 1.82) is 0 Å². The van der Waals surface area contributed by atoms with Gasteiger partial charge in [-0.05, 0) is 30.7 Å². The number of nitrogens with zero attached hydrogens (tertiary/aromatic N) is 2. The number of primary amides is 1. The van der Waals surface area contributed by atoms with E-state index in [0.29, 0.717) is 5.56 Å². The molecule has 0 fully saturated rings. The normalized spacial score (nSPS) is 12.3. The van der Waals surface area contributed by atoms with E-state index in [-0.39, 0.29) is 11.4 Å². The number of hydrogen-bond acceptors (Lipinski definition) is 4. The van der Waals surface area contributed by atoms with Crippen LogP contribution in [0.4, 0.5) is 13.2 Å². The summed E-state index contributed by atoms with van der Waals surface area (Å²) in [6.07, 6.45) is -4.58. The van der Waals surface area contributed by atoms with Gasteiger partial charge in [-0.1, -0.05) is 36.4 Å². The number of amides is 2. The first-order chi connectivity index (χ1) is 14.6. The molecule has 31 heavy (non-hydrogen) atoms. The Bertz CT molecular complexity index is 1190. The molecule has 0 aliphatic carbocycles. The zero-order valence-electron chi connectivity index (χ0n) is 16.2. The van der Waals surface area contributed by atoms with Crippen molar-refractivity contribution in [1.82, 2.24) is 15.1 Å². The molecule has 1 atom stereocenters. The quantitative estimate of drug-likeness (QED) is 0.649. The Kier molecular flexibility index (Phi) is 5.91. The zero-order chi connectivity index (χ0) is 22.8. The van der Waals surface area contributed by atoms with Crippen LogP contribution in [0.3, 0.4) is 0 Å². The van der Waals surface area contributed by atoms with Crippen molar-refractivity contribution in [2.75, 3.05) is 0 Å². The standard InChI is InChI=1S/C21H17F3N4O3/c1-12-10-16(29)18(20(31)26-17(19(25)30)13-6-3-2-4-7-13)27-28(12)15-9-5-8-14(11-15)21(22,23)24/h2-11,17H,1H3,(H2,25,30)(H,26,31). The van der Waals surface area contributed by atoms with Gasteiger partial charge in [0.1, 0.15) is 6.04 Å². The van der Waals surface area contributed by atoms with Gasteiger partial charge in [0.15, 0.2) is 5.69 Å². The summed E-state index contributed by atoms with van der Waals surface area (Å²) in [7, 11) is 0. The molecule has 1 unspecified atom stereocenters. The van der Waals surface area contributed by atoms with Gasteiger partial charge in [-0.25, -0.2) is 4.68 Å². The summed E-state index contributed by atoms with van der Waals surface area (Å²) in [5.74, 6) is -1.84. The fourth-order valence-electron chi connectivity index (χ4n) is 2.94. The summed E-state index contributed by atoms with van der Waals surface area (Å²) in [6, 6.07) is 12.3. The minimum Gasteiger partial charge on any atom is -0.368 e. The minimum absolute atomic E-state index is 0.0101. The molecular weight excluding hydrogens is 413 g/mol. The molecule has 0 spiro atoms. The molecule has 3 aromatic rings. The Balaban J connectivity index is 2.00. The average Bonchev–Trinajstić information content (AvgIpc) is 2.72. The molecule has 1 aromatic heterocycles. The molecule has 3 N–H and O–H groups in total. The monoisotopic (exact) mass is 430 g/mol. The van der Waals surface area contributed by atoms with Gasteiger partial charge in [0.2, 0.25) is 11.3 Å². The van der Waals surface area contributed by atoms with Crippen LogP contribution in [0.5, 0.6) is 0 Å². The van der Waals surface area contributed by atoms with Crippen LogP contribution in [0.1, 0.15) is 33.4 Å². The van der Waals surface area contributed by atoms with Gasteiger partial charge in [0.25, 0.3) is 5.91 Å². The van der Waals surface area contributed by atoms with Crippen LogP contribution >= 0.6 is 0 Å². The first kappa shape index (κ1) is 21.8. The molecule has 0 bridgehead atoms. The van der Waals surface area contributed by atoms with E-state index in [1.54, 1.807) is 30.3 Å². The number of halogens is 3. The Morgan fingerprint density at radius 2 is 1.74 bits per heavy atom. The molecule has 160 valence electrons. The van der Waals surface area contributed by atoms with E-state index in [2.05, 4.69) is 10.4 Å². The zero-order valence-corrected chi connectivity index (χ0v) is 16.2. The smallest absolute Gasteiger partial charge is 0.368 e. The second-order valence-electron chi connectivity index (χ2n) is 6.68. The molecule has 0 saturated heterocycles. The van der Waals surface area contributed by atoms with E-state index in [1.807, 2.05) is 0 Å². The molecule has 2 amide bonds. The molecule has 7 nitrogen and oxygen atoms in total. The summed E-state index contributed by atoms with van der Waals surface area (Å²) in [5, 5.41) is 6.30. The predicted molar refractivity (Wildman–Crippen MR) is 105 cm³/mol. The van der Waals surface area contributed by atoms with Gasteiger partial charge >= 0.3 is 6.18 Å². The summed E-state index contributed by atoms with van der Waals surface area (Å²) < 4.78 is 40.2. The van der Waals surface area contributed by atoms with Gasteiger partial charge in [-0.3, -0.25) is 14.4 Å². The maximum absolute atomic E-state index is 13.0. The van der Waals surface area contributed by atoms with Crippen molar-refractivity contribution in [3.8, 4) is 5.69 Å². The second kappa shape index (κ2) is 8.42. The largest absolute Gasteiger partial charge is 0.416 e. The number of carbonyl (C=O) groups is 2. The van der Waals surface area contributed by atoms with Crippen LogP contribution < -0.4 is 16.5 Å². The van der Waals surface area contributed by atoms with Crippen molar-refractivity contribution in [2.24, 2.45) is 5.73 Å². The summed E-state index contributed by atoms with van der Waals surface area (Å²) in [5.41, 5.74) is 3.74. The van der Waals surface area contributed by atoms with Crippen molar-refractivity contribution < 1.29 is 22.8 Å². The van der Waals surface area contributed by atoms with Crippen molar-refractivity contribution >= 4 is 11.8 Å². The summed E-state index contributed by atoms with van der Waals surface area (Å²) >= 11 is 0. The maximum Gasteiger partial charge on any atom is 0.416 e. The molecule has 2 aromatic carbocycles. The highest BCUT2D eigenvalue weighted by Crippen LogP contribution is 2.30. The number of benzene rings is 2. The number of rotatable bonds is 5. The lowest BCUT2D eigenvalue weighted by Crippen LogP contribution is -2.40. The predicted octanol–water partition coefficient (Wildman–Crippen LogP) is 2.52. The molecular formula is C21H17F3N4O3. The van der Waals surface area contributed by atoms with Gasteiger partial charge in [-0.15, -0.1) is 0 Å². The lowest BCUT2D eigenvalue weighted by molar-refractivity contribution is -0.137. The van der Waals surface area contributed by atoms with Gasteiger partial charge in [0.05, 0.1) is 11.3 Å². The third kappa shape index (κ3) is 4.80. The topological polar surface area (TPSA) is 107 Å².